The van der Waals surface area contributed by atoms with Crippen molar-refractivity contribution in [1.29, 1.82) is 0 Å². The van der Waals surface area contributed by atoms with Crippen LogP contribution in [0.4, 0.5) is 13.2 Å². The van der Waals surface area contributed by atoms with E-state index in [4.69, 9.17) is 19.7 Å². The first kappa shape index (κ1) is 23.2. The van der Waals surface area contributed by atoms with Gasteiger partial charge in [-0.25, -0.2) is 9.59 Å². The van der Waals surface area contributed by atoms with Crippen molar-refractivity contribution in [3.63, 3.8) is 0 Å². The van der Waals surface area contributed by atoms with Crippen LogP contribution in [0.15, 0.2) is 42.5 Å². The molecule has 0 radical (unpaired) electrons. The Labute approximate surface area is 171 Å². The first-order valence-corrected chi connectivity index (χ1v) is 9.23. The molecule has 3 N–H and O–H groups in total. The van der Waals surface area contributed by atoms with E-state index < -0.39 is 18.1 Å². The molecule has 1 unspecified atom stereocenters. The first-order valence-electron chi connectivity index (χ1n) is 9.23. The van der Waals surface area contributed by atoms with Crippen molar-refractivity contribution in [3.8, 4) is 5.75 Å². The van der Waals surface area contributed by atoms with Gasteiger partial charge in [-0.05, 0) is 54.7 Å². The second kappa shape index (κ2) is 10.1. The molecule has 2 aromatic carbocycles. The van der Waals surface area contributed by atoms with Gasteiger partial charge < -0.3 is 20.3 Å². The molecule has 0 aliphatic heterocycles. The summed E-state index contributed by atoms with van der Waals surface area (Å²) in [5, 5.41) is 19.6. The van der Waals surface area contributed by atoms with Crippen LogP contribution in [0.2, 0.25) is 0 Å². The number of carboxylic acid groups (broad SMARTS) is 2. The number of aliphatic carboxylic acids is 1. The maximum absolute atomic E-state index is 10.9. The van der Waals surface area contributed by atoms with Crippen LogP contribution in [0.1, 0.15) is 46.4 Å². The molecule has 0 bridgehead atoms. The molecule has 0 aromatic heterocycles. The molecule has 0 saturated carbocycles. The average molecular weight is 425 g/mol. The van der Waals surface area contributed by atoms with E-state index in [0.29, 0.717) is 18.2 Å². The van der Waals surface area contributed by atoms with Crippen LogP contribution in [-0.2, 0) is 17.8 Å². The average Bonchev–Trinajstić information content (AvgIpc) is 3.11. The highest BCUT2D eigenvalue weighted by atomic mass is 19.4. The number of carboxylic acids is 2. The highest BCUT2D eigenvalue weighted by Crippen LogP contribution is 2.37. The van der Waals surface area contributed by atoms with E-state index in [2.05, 4.69) is 11.4 Å². The van der Waals surface area contributed by atoms with E-state index in [-0.39, 0.29) is 0 Å². The van der Waals surface area contributed by atoms with Gasteiger partial charge in [-0.2, -0.15) is 13.2 Å². The molecule has 9 heteroatoms. The molecule has 30 heavy (non-hydrogen) atoms. The van der Waals surface area contributed by atoms with Gasteiger partial charge in [0.2, 0.25) is 0 Å². The summed E-state index contributed by atoms with van der Waals surface area (Å²) >= 11 is 0. The Morgan fingerprint density at radius 3 is 2.30 bits per heavy atom. The van der Waals surface area contributed by atoms with Crippen LogP contribution in [0.3, 0.4) is 0 Å². The second-order valence-electron chi connectivity index (χ2n) is 6.53. The normalized spacial score (nSPS) is 15.0. The fourth-order valence-corrected chi connectivity index (χ4v) is 3.13. The van der Waals surface area contributed by atoms with Gasteiger partial charge in [0.15, 0.2) is 0 Å². The minimum absolute atomic E-state index is 0.321. The van der Waals surface area contributed by atoms with E-state index in [1.807, 2.05) is 31.2 Å². The van der Waals surface area contributed by atoms with Gasteiger partial charge in [0, 0.05) is 12.6 Å². The van der Waals surface area contributed by atoms with E-state index in [0.717, 1.165) is 30.7 Å². The van der Waals surface area contributed by atoms with Crippen LogP contribution >= 0.6 is 0 Å². The molecule has 0 amide bonds. The topological polar surface area (TPSA) is 95.9 Å². The minimum Gasteiger partial charge on any atom is -0.494 e. The third-order valence-corrected chi connectivity index (χ3v) is 4.52. The number of benzene rings is 2. The molecule has 0 saturated heterocycles. The van der Waals surface area contributed by atoms with Crippen molar-refractivity contribution in [2.75, 3.05) is 6.61 Å². The monoisotopic (exact) mass is 425 g/mol. The van der Waals surface area contributed by atoms with Gasteiger partial charge >= 0.3 is 18.1 Å². The number of nitrogens with one attached hydrogen (secondary N) is 1. The van der Waals surface area contributed by atoms with Crippen molar-refractivity contribution >= 4 is 11.9 Å². The van der Waals surface area contributed by atoms with Gasteiger partial charge in [0.1, 0.15) is 5.75 Å². The van der Waals surface area contributed by atoms with Gasteiger partial charge in [-0.3, -0.25) is 0 Å². The van der Waals surface area contributed by atoms with E-state index in [1.54, 1.807) is 12.1 Å². The summed E-state index contributed by atoms with van der Waals surface area (Å²) in [7, 11) is 0. The Morgan fingerprint density at radius 2 is 1.77 bits per heavy atom. The second-order valence-corrected chi connectivity index (χ2v) is 6.53. The Bertz CT molecular complexity index is 881. The van der Waals surface area contributed by atoms with Crippen LogP contribution in [0.25, 0.3) is 0 Å². The number of hydrogen-bond donors (Lipinski definition) is 3. The molecule has 3 rings (SSSR count). The van der Waals surface area contributed by atoms with Crippen molar-refractivity contribution in [3.05, 3.63) is 64.7 Å². The van der Waals surface area contributed by atoms with Gasteiger partial charge in [0.25, 0.3) is 0 Å². The zero-order valence-electron chi connectivity index (χ0n) is 16.2. The Balaban J connectivity index is 0.000000396. The number of halogens is 3. The van der Waals surface area contributed by atoms with Crippen molar-refractivity contribution in [2.24, 2.45) is 0 Å². The Morgan fingerprint density at radius 1 is 1.13 bits per heavy atom. The zero-order chi connectivity index (χ0) is 22.3. The number of aromatic carboxylic acids is 1. The summed E-state index contributed by atoms with van der Waals surface area (Å²) in [4.78, 5) is 19.8. The Hall–Kier alpha value is -3.07. The summed E-state index contributed by atoms with van der Waals surface area (Å²) in [5.41, 5.74) is 4.04. The molecule has 2 aromatic rings. The number of alkyl halides is 3. The largest absolute Gasteiger partial charge is 0.494 e. The molecule has 162 valence electrons. The Kier molecular flexibility index (Phi) is 7.82. The third kappa shape index (κ3) is 6.21. The van der Waals surface area contributed by atoms with Crippen LogP contribution in [-0.4, -0.2) is 34.9 Å². The third-order valence-electron chi connectivity index (χ3n) is 4.52. The summed E-state index contributed by atoms with van der Waals surface area (Å²) in [6.45, 7) is 3.41. The molecule has 1 atom stereocenters. The summed E-state index contributed by atoms with van der Waals surface area (Å²) in [6, 6.07) is 13.6. The van der Waals surface area contributed by atoms with E-state index >= 15 is 0 Å². The molecule has 1 aliphatic rings. The van der Waals surface area contributed by atoms with Gasteiger partial charge in [-0.15, -0.1) is 0 Å². The highest BCUT2D eigenvalue weighted by Gasteiger charge is 2.38. The summed E-state index contributed by atoms with van der Waals surface area (Å²) in [6.07, 6.45) is -2.99. The van der Waals surface area contributed by atoms with Crippen LogP contribution in [0.5, 0.6) is 5.75 Å². The highest BCUT2D eigenvalue weighted by molar-refractivity contribution is 5.87. The van der Waals surface area contributed by atoms with Crippen molar-refractivity contribution in [1.82, 2.24) is 5.32 Å². The maximum Gasteiger partial charge on any atom is 0.490 e. The fourth-order valence-electron chi connectivity index (χ4n) is 3.13. The number of ether oxygens (including phenoxy) is 1. The van der Waals surface area contributed by atoms with Gasteiger partial charge in [-0.1, -0.05) is 24.3 Å². The number of carbonyl (C=O) groups is 2. The number of fused-ring (bicyclic) bond motifs is 1. The molecular weight excluding hydrogens is 403 g/mol. The molecule has 0 fully saturated rings. The lowest BCUT2D eigenvalue weighted by Gasteiger charge is -2.15. The molecule has 6 nitrogen and oxygen atoms in total. The lowest BCUT2D eigenvalue weighted by atomic mass is 10.1. The quantitative estimate of drug-likeness (QED) is 0.642. The standard InChI is InChI=1S/C19H21NO3.C2HF3O2/c1-2-23-18-5-3-4-15-16(18)10-11-17(15)20-12-13-6-8-14(9-7-13)19(21)22;3-2(4,5)1(6)7/h3-9,17,20H,2,10-12H2,1H3,(H,21,22);(H,6,7). The maximum atomic E-state index is 10.9. The lowest BCUT2D eigenvalue weighted by molar-refractivity contribution is -0.192. The van der Waals surface area contributed by atoms with Crippen LogP contribution in [0, 0.1) is 0 Å². The lowest BCUT2D eigenvalue weighted by Crippen LogP contribution is -2.21. The molecule has 0 spiro atoms. The van der Waals surface area contributed by atoms with Gasteiger partial charge in [0.05, 0.1) is 12.2 Å². The van der Waals surface area contributed by atoms with E-state index in [1.165, 1.54) is 11.1 Å². The smallest absolute Gasteiger partial charge is 0.490 e. The van der Waals surface area contributed by atoms with Crippen LogP contribution < -0.4 is 10.1 Å². The zero-order valence-corrected chi connectivity index (χ0v) is 16.2. The molecular formula is C21H22F3NO5. The summed E-state index contributed by atoms with van der Waals surface area (Å²) < 4.78 is 37.4. The summed E-state index contributed by atoms with van der Waals surface area (Å²) in [5.74, 6) is -2.65. The number of hydrogen-bond acceptors (Lipinski definition) is 4. The first-order chi connectivity index (χ1) is 14.1. The predicted octanol–water partition coefficient (Wildman–Crippen LogP) is 4.19. The molecule has 1 aliphatic carbocycles. The van der Waals surface area contributed by atoms with Crippen molar-refractivity contribution in [2.45, 2.75) is 38.5 Å². The molecule has 0 heterocycles. The SMILES string of the molecule is CCOc1cccc2c1CCC2NCc1ccc(C(=O)O)cc1.O=C(O)C(F)(F)F. The predicted molar refractivity (Wildman–Crippen MR) is 103 cm³/mol. The van der Waals surface area contributed by atoms with E-state index in [9.17, 15) is 18.0 Å². The fraction of sp³-hybridized carbons (Fsp3) is 0.333. The minimum atomic E-state index is -5.08. The van der Waals surface area contributed by atoms with Crippen molar-refractivity contribution < 1.29 is 37.7 Å². The number of rotatable bonds is 6.